The molecule has 23 heavy (non-hydrogen) atoms. The van der Waals surface area contributed by atoms with E-state index in [2.05, 4.69) is 70.0 Å². The highest BCUT2D eigenvalue weighted by Crippen LogP contribution is 2.33. The van der Waals surface area contributed by atoms with Crippen molar-refractivity contribution in [3.05, 3.63) is 53.6 Å². The SMILES string of the molecule is CC(C)(C)c1cc(/N=N/c2ccc(O)cc2)cc(C(C)(C)C)c1. The molecule has 0 saturated carbocycles. The highest BCUT2D eigenvalue weighted by molar-refractivity contribution is 5.49. The molecule has 0 aliphatic rings. The van der Waals surface area contributed by atoms with Crippen LogP contribution in [-0.4, -0.2) is 5.11 Å². The Morgan fingerprint density at radius 3 is 1.52 bits per heavy atom. The zero-order chi connectivity index (χ0) is 17.3. The van der Waals surface area contributed by atoms with Gasteiger partial charge in [0.15, 0.2) is 0 Å². The summed E-state index contributed by atoms with van der Waals surface area (Å²) in [6.45, 7) is 13.2. The molecular formula is C20H26N2O. The molecule has 0 bridgehead atoms. The molecule has 0 heterocycles. The number of nitrogens with zero attached hydrogens (tertiary/aromatic N) is 2. The molecule has 0 radical (unpaired) electrons. The van der Waals surface area contributed by atoms with Crippen LogP contribution in [0, 0.1) is 0 Å². The fourth-order valence-corrected chi connectivity index (χ4v) is 2.17. The van der Waals surface area contributed by atoms with Crippen LogP contribution in [-0.2, 0) is 10.8 Å². The van der Waals surface area contributed by atoms with Gasteiger partial charge in [-0.25, -0.2) is 0 Å². The highest BCUT2D eigenvalue weighted by Gasteiger charge is 2.20. The van der Waals surface area contributed by atoms with Gasteiger partial charge in [-0.15, -0.1) is 0 Å². The first kappa shape index (κ1) is 17.2. The van der Waals surface area contributed by atoms with E-state index < -0.39 is 0 Å². The number of aromatic hydroxyl groups is 1. The van der Waals surface area contributed by atoms with Crippen LogP contribution in [0.15, 0.2) is 52.7 Å². The van der Waals surface area contributed by atoms with Crippen molar-refractivity contribution in [1.82, 2.24) is 0 Å². The van der Waals surface area contributed by atoms with E-state index in [4.69, 9.17) is 0 Å². The topological polar surface area (TPSA) is 45.0 Å². The molecule has 0 saturated heterocycles. The summed E-state index contributed by atoms with van der Waals surface area (Å²) in [5, 5.41) is 18.0. The van der Waals surface area contributed by atoms with Gasteiger partial charge in [-0.1, -0.05) is 47.6 Å². The second kappa shape index (κ2) is 6.15. The van der Waals surface area contributed by atoms with Crippen molar-refractivity contribution in [3.8, 4) is 5.75 Å². The second-order valence-electron chi connectivity index (χ2n) is 7.98. The predicted octanol–water partition coefficient (Wildman–Crippen LogP) is 6.40. The number of rotatable bonds is 2. The molecule has 0 unspecified atom stereocenters. The van der Waals surface area contributed by atoms with Crippen LogP contribution >= 0.6 is 0 Å². The summed E-state index contributed by atoms with van der Waals surface area (Å²) in [7, 11) is 0. The van der Waals surface area contributed by atoms with Crippen LogP contribution in [0.2, 0.25) is 0 Å². The minimum atomic E-state index is 0.0596. The van der Waals surface area contributed by atoms with E-state index in [1.165, 1.54) is 11.1 Å². The molecule has 0 atom stereocenters. The molecule has 3 nitrogen and oxygen atoms in total. The summed E-state index contributed by atoms with van der Waals surface area (Å²) in [5.74, 6) is 0.230. The Hall–Kier alpha value is -2.16. The Labute approximate surface area is 139 Å². The van der Waals surface area contributed by atoms with Crippen molar-refractivity contribution >= 4 is 11.4 Å². The van der Waals surface area contributed by atoms with Crippen LogP contribution in [0.5, 0.6) is 5.75 Å². The highest BCUT2D eigenvalue weighted by atomic mass is 16.3. The van der Waals surface area contributed by atoms with Gasteiger partial charge in [-0.05, 0) is 58.4 Å². The van der Waals surface area contributed by atoms with E-state index in [9.17, 15) is 5.11 Å². The van der Waals surface area contributed by atoms with Crippen molar-refractivity contribution in [3.63, 3.8) is 0 Å². The summed E-state index contributed by atoms with van der Waals surface area (Å²) >= 11 is 0. The third-order valence-corrected chi connectivity index (χ3v) is 3.78. The second-order valence-corrected chi connectivity index (χ2v) is 7.98. The van der Waals surface area contributed by atoms with E-state index in [0.717, 1.165) is 11.4 Å². The van der Waals surface area contributed by atoms with Crippen molar-refractivity contribution in [2.45, 2.75) is 52.4 Å². The molecule has 0 aliphatic heterocycles. The summed E-state index contributed by atoms with van der Waals surface area (Å²) in [5.41, 5.74) is 4.21. The van der Waals surface area contributed by atoms with E-state index in [1.54, 1.807) is 24.3 Å². The maximum absolute atomic E-state index is 9.32. The Balaban J connectivity index is 2.43. The lowest BCUT2D eigenvalue weighted by atomic mass is 9.80. The van der Waals surface area contributed by atoms with Crippen molar-refractivity contribution in [2.75, 3.05) is 0 Å². The van der Waals surface area contributed by atoms with Gasteiger partial charge in [0.05, 0.1) is 11.4 Å². The molecule has 0 fully saturated rings. The smallest absolute Gasteiger partial charge is 0.115 e. The maximum Gasteiger partial charge on any atom is 0.115 e. The lowest BCUT2D eigenvalue weighted by Crippen LogP contribution is -2.16. The van der Waals surface area contributed by atoms with E-state index in [1.807, 2.05) is 0 Å². The van der Waals surface area contributed by atoms with Crippen molar-refractivity contribution in [2.24, 2.45) is 10.2 Å². The first-order valence-corrected chi connectivity index (χ1v) is 7.92. The molecule has 3 heteroatoms. The third kappa shape index (κ3) is 4.65. The quantitative estimate of drug-likeness (QED) is 0.640. The fraction of sp³-hybridized carbons (Fsp3) is 0.400. The Morgan fingerprint density at radius 1 is 0.652 bits per heavy atom. The molecular weight excluding hydrogens is 284 g/mol. The molecule has 122 valence electrons. The minimum absolute atomic E-state index is 0.0596. The standard InChI is InChI=1S/C20H26N2O/c1-19(2,3)14-11-15(20(4,5)6)13-17(12-14)22-21-16-7-9-18(23)10-8-16/h7-13,23H,1-6H3/b22-21+. The average molecular weight is 310 g/mol. The minimum Gasteiger partial charge on any atom is -0.508 e. The molecule has 0 aliphatic carbocycles. The Kier molecular flexibility index (Phi) is 4.60. The van der Waals surface area contributed by atoms with Gasteiger partial charge in [0.1, 0.15) is 5.75 Å². The number of benzene rings is 2. The van der Waals surface area contributed by atoms with Gasteiger partial charge in [0.2, 0.25) is 0 Å². The first-order valence-electron chi connectivity index (χ1n) is 7.92. The van der Waals surface area contributed by atoms with Gasteiger partial charge < -0.3 is 5.11 Å². The van der Waals surface area contributed by atoms with Crippen LogP contribution in [0.1, 0.15) is 52.7 Å². The summed E-state index contributed by atoms with van der Waals surface area (Å²) in [6, 6.07) is 13.2. The average Bonchev–Trinajstić information content (AvgIpc) is 2.44. The molecule has 2 aromatic carbocycles. The normalized spacial score (nSPS) is 12.8. The zero-order valence-electron chi connectivity index (χ0n) is 14.9. The van der Waals surface area contributed by atoms with Crippen molar-refractivity contribution in [1.29, 1.82) is 0 Å². The van der Waals surface area contributed by atoms with Crippen LogP contribution < -0.4 is 0 Å². The Morgan fingerprint density at radius 2 is 1.09 bits per heavy atom. The molecule has 0 aromatic heterocycles. The van der Waals surface area contributed by atoms with Gasteiger partial charge in [0, 0.05) is 0 Å². The molecule has 0 amide bonds. The predicted molar refractivity (Wildman–Crippen MR) is 96.1 cm³/mol. The summed E-state index contributed by atoms with van der Waals surface area (Å²) in [6.07, 6.45) is 0. The third-order valence-electron chi connectivity index (χ3n) is 3.78. The zero-order valence-corrected chi connectivity index (χ0v) is 14.9. The van der Waals surface area contributed by atoms with Crippen LogP contribution in [0.4, 0.5) is 11.4 Å². The van der Waals surface area contributed by atoms with Crippen molar-refractivity contribution < 1.29 is 5.11 Å². The van der Waals surface area contributed by atoms with Gasteiger partial charge in [-0.2, -0.15) is 10.2 Å². The fourth-order valence-electron chi connectivity index (χ4n) is 2.17. The number of phenolic OH excluding ortho intramolecular Hbond substituents is 1. The summed E-state index contributed by atoms with van der Waals surface area (Å²) < 4.78 is 0. The van der Waals surface area contributed by atoms with Gasteiger partial charge in [-0.3, -0.25) is 0 Å². The molecule has 1 N–H and O–H groups in total. The first-order chi connectivity index (χ1) is 10.6. The van der Waals surface area contributed by atoms with E-state index in [0.29, 0.717) is 0 Å². The molecule has 2 aromatic rings. The molecule has 0 spiro atoms. The number of hydrogen-bond donors (Lipinski definition) is 1. The van der Waals surface area contributed by atoms with Crippen LogP contribution in [0.25, 0.3) is 0 Å². The van der Waals surface area contributed by atoms with Gasteiger partial charge >= 0.3 is 0 Å². The monoisotopic (exact) mass is 310 g/mol. The van der Waals surface area contributed by atoms with E-state index >= 15 is 0 Å². The largest absolute Gasteiger partial charge is 0.508 e. The Bertz CT molecular complexity index is 670. The van der Waals surface area contributed by atoms with E-state index in [-0.39, 0.29) is 16.6 Å². The molecule has 2 rings (SSSR count). The van der Waals surface area contributed by atoms with Crippen LogP contribution in [0.3, 0.4) is 0 Å². The maximum atomic E-state index is 9.32. The lowest BCUT2D eigenvalue weighted by molar-refractivity contribution is 0.475. The lowest BCUT2D eigenvalue weighted by Gasteiger charge is -2.25. The summed E-state index contributed by atoms with van der Waals surface area (Å²) in [4.78, 5) is 0. The van der Waals surface area contributed by atoms with Gasteiger partial charge in [0.25, 0.3) is 0 Å². The number of azo groups is 1. The number of hydrogen-bond acceptors (Lipinski definition) is 3. The number of phenols is 1.